The van der Waals surface area contributed by atoms with E-state index in [0.29, 0.717) is 0 Å². The van der Waals surface area contributed by atoms with Gasteiger partial charge in [0.05, 0.1) is 0 Å². The third-order valence-electron chi connectivity index (χ3n) is 3.91. The molecule has 0 fully saturated rings. The van der Waals surface area contributed by atoms with E-state index in [1.165, 1.54) is 17.7 Å². The molecule has 1 rings (SSSR count). The largest absolute Gasteiger partial charge is 0.399 e. The predicted octanol–water partition coefficient (Wildman–Crippen LogP) is 6.00. The Balaban J connectivity index is 2.86. The minimum atomic E-state index is -1.79. The van der Waals surface area contributed by atoms with Crippen molar-refractivity contribution in [3.8, 4) is 11.8 Å². The maximum atomic E-state index is 6.50. The molecule has 3 heteroatoms. The minimum Gasteiger partial charge on any atom is -0.399 e. The second-order valence-corrected chi connectivity index (χ2v) is 12.4. The number of hydrogen-bond acceptors (Lipinski definition) is 2. The Hall–Kier alpha value is -0.563. The summed E-state index contributed by atoms with van der Waals surface area (Å²) in [6.45, 7) is 13.6. The fourth-order valence-corrected chi connectivity index (χ4v) is 3.42. The van der Waals surface area contributed by atoms with E-state index < -0.39 is 8.32 Å². The van der Waals surface area contributed by atoms with E-state index in [0.717, 1.165) is 6.42 Å². The first-order valence-corrected chi connectivity index (χ1v) is 11.3. The second kappa shape index (κ2) is 7.45. The van der Waals surface area contributed by atoms with E-state index in [4.69, 9.17) is 4.43 Å². The zero-order valence-electron chi connectivity index (χ0n) is 13.7. The maximum absolute atomic E-state index is 6.50. The van der Waals surface area contributed by atoms with Crippen LogP contribution in [0.3, 0.4) is 0 Å². The monoisotopic (exact) mass is 308 g/mol. The first kappa shape index (κ1) is 17.5. The Kier molecular flexibility index (Phi) is 6.51. The molecule has 1 nitrogen and oxygen atoms in total. The summed E-state index contributed by atoms with van der Waals surface area (Å²) < 4.78 is 6.50. The lowest BCUT2D eigenvalue weighted by atomic mass is 10.2. The van der Waals surface area contributed by atoms with Crippen LogP contribution in [0.1, 0.15) is 57.9 Å². The highest BCUT2D eigenvalue weighted by molar-refractivity contribution is 7.10. The summed E-state index contributed by atoms with van der Waals surface area (Å²) in [6.07, 6.45) is 3.29. The third-order valence-corrected chi connectivity index (χ3v) is 9.26. The van der Waals surface area contributed by atoms with Crippen molar-refractivity contribution >= 4 is 19.7 Å². The van der Waals surface area contributed by atoms with Crippen LogP contribution in [0, 0.1) is 11.8 Å². The third kappa shape index (κ3) is 5.09. The summed E-state index contributed by atoms with van der Waals surface area (Å²) >= 11 is 1.74. The van der Waals surface area contributed by atoms with Gasteiger partial charge in [-0.1, -0.05) is 46.1 Å². The Morgan fingerprint density at radius 3 is 2.55 bits per heavy atom. The standard InChI is InChI=1S/C17H28OSSi/c1-7-8-9-10-12-15(16-13-11-14-19-16)18-20(5,6)17(2,3)4/h11,13-15H,7-9H2,1-6H3. The van der Waals surface area contributed by atoms with Gasteiger partial charge in [0.1, 0.15) is 6.10 Å². The van der Waals surface area contributed by atoms with Crippen LogP contribution in [0.25, 0.3) is 0 Å². The fourth-order valence-electron chi connectivity index (χ4n) is 1.50. The van der Waals surface area contributed by atoms with Crippen LogP contribution in [-0.4, -0.2) is 8.32 Å². The summed E-state index contributed by atoms with van der Waals surface area (Å²) in [5, 5.41) is 2.32. The zero-order chi connectivity index (χ0) is 15.2. The average molecular weight is 309 g/mol. The SMILES string of the molecule is CCCCC#CC(O[Si](C)(C)C(C)(C)C)c1cccs1. The smallest absolute Gasteiger partial charge is 0.194 e. The molecule has 1 unspecified atom stereocenters. The van der Waals surface area contributed by atoms with Crippen molar-refractivity contribution in [2.24, 2.45) is 0 Å². The van der Waals surface area contributed by atoms with Crippen molar-refractivity contribution in [3.63, 3.8) is 0 Å². The normalized spacial score (nSPS) is 13.7. The van der Waals surface area contributed by atoms with Crippen LogP contribution in [0.5, 0.6) is 0 Å². The lowest BCUT2D eigenvalue weighted by Gasteiger charge is -2.37. The molecule has 1 atom stereocenters. The van der Waals surface area contributed by atoms with Gasteiger partial charge in [-0.25, -0.2) is 0 Å². The molecule has 20 heavy (non-hydrogen) atoms. The minimum absolute atomic E-state index is 0.0484. The summed E-state index contributed by atoms with van der Waals surface area (Å²) in [5.41, 5.74) is 0. The number of hydrogen-bond donors (Lipinski definition) is 0. The number of thiophene rings is 1. The van der Waals surface area contributed by atoms with Gasteiger partial charge in [-0.05, 0) is 36.0 Å². The molecule has 0 radical (unpaired) electrons. The van der Waals surface area contributed by atoms with Gasteiger partial charge in [-0.15, -0.1) is 17.3 Å². The molecule has 0 aliphatic carbocycles. The molecule has 0 amide bonds. The van der Waals surface area contributed by atoms with Gasteiger partial charge in [0, 0.05) is 11.3 Å². The molecule has 0 saturated carbocycles. The van der Waals surface area contributed by atoms with Crippen LogP contribution < -0.4 is 0 Å². The fraction of sp³-hybridized carbons (Fsp3) is 0.647. The van der Waals surface area contributed by atoms with Crippen LogP contribution >= 0.6 is 11.3 Å². The molecule has 0 saturated heterocycles. The average Bonchev–Trinajstić information content (AvgIpc) is 2.85. The van der Waals surface area contributed by atoms with Crippen LogP contribution in [0.15, 0.2) is 17.5 Å². The summed E-state index contributed by atoms with van der Waals surface area (Å²) in [7, 11) is -1.79. The molecule has 1 aromatic rings. The molecule has 0 aliphatic rings. The van der Waals surface area contributed by atoms with E-state index >= 15 is 0 Å². The highest BCUT2D eigenvalue weighted by Crippen LogP contribution is 2.40. The van der Waals surface area contributed by atoms with Gasteiger partial charge in [-0.2, -0.15) is 0 Å². The highest BCUT2D eigenvalue weighted by Gasteiger charge is 2.39. The van der Waals surface area contributed by atoms with Crippen LogP contribution in [-0.2, 0) is 4.43 Å². The van der Waals surface area contributed by atoms with E-state index in [9.17, 15) is 0 Å². The van der Waals surface area contributed by atoms with E-state index in [2.05, 4.69) is 70.1 Å². The highest BCUT2D eigenvalue weighted by atomic mass is 32.1. The van der Waals surface area contributed by atoms with Crippen molar-refractivity contribution in [2.45, 2.75) is 71.2 Å². The quantitative estimate of drug-likeness (QED) is 0.368. The van der Waals surface area contributed by atoms with E-state index in [1.54, 1.807) is 11.3 Å². The summed E-state index contributed by atoms with van der Waals surface area (Å²) in [6, 6.07) is 4.21. The Morgan fingerprint density at radius 2 is 2.05 bits per heavy atom. The molecule has 0 aromatic carbocycles. The Morgan fingerprint density at radius 1 is 1.35 bits per heavy atom. The van der Waals surface area contributed by atoms with Gasteiger partial charge < -0.3 is 4.43 Å². The Labute approximate surface area is 129 Å². The number of rotatable bonds is 5. The van der Waals surface area contributed by atoms with Crippen LogP contribution in [0.2, 0.25) is 18.1 Å². The first-order chi connectivity index (χ1) is 9.28. The summed E-state index contributed by atoms with van der Waals surface area (Å²) in [4.78, 5) is 1.24. The van der Waals surface area contributed by atoms with Crippen molar-refractivity contribution in [3.05, 3.63) is 22.4 Å². The topological polar surface area (TPSA) is 9.23 Å². The lowest BCUT2D eigenvalue weighted by Crippen LogP contribution is -2.41. The molecule has 0 aliphatic heterocycles. The summed E-state index contributed by atoms with van der Waals surface area (Å²) in [5.74, 6) is 6.66. The molecule has 0 spiro atoms. The molecule has 0 bridgehead atoms. The molecule has 1 aromatic heterocycles. The second-order valence-electron chi connectivity index (χ2n) is 6.70. The molecule has 1 heterocycles. The predicted molar refractivity (Wildman–Crippen MR) is 92.6 cm³/mol. The van der Waals surface area contributed by atoms with E-state index in [-0.39, 0.29) is 11.1 Å². The molecular formula is C17H28OSSi. The van der Waals surface area contributed by atoms with Gasteiger partial charge in [-0.3, -0.25) is 0 Å². The zero-order valence-corrected chi connectivity index (χ0v) is 15.6. The van der Waals surface area contributed by atoms with Gasteiger partial charge in [0.15, 0.2) is 8.32 Å². The molecular weight excluding hydrogens is 280 g/mol. The lowest BCUT2D eigenvalue weighted by molar-refractivity contribution is 0.241. The number of unbranched alkanes of at least 4 members (excludes halogenated alkanes) is 2. The van der Waals surface area contributed by atoms with Crippen molar-refractivity contribution in [2.75, 3.05) is 0 Å². The van der Waals surface area contributed by atoms with Crippen molar-refractivity contribution in [1.29, 1.82) is 0 Å². The van der Waals surface area contributed by atoms with Gasteiger partial charge >= 0.3 is 0 Å². The van der Waals surface area contributed by atoms with E-state index in [1.807, 2.05) is 0 Å². The van der Waals surface area contributed by atoms with Gasteiger partial charge in [0.2, 0.25) is 0 Å². The van der Waals surface area contributed by atoms with Crippen molar-refractivity contribution in [1.82, 2.24) is 0 Å². The Bertz CT molecular complexity index is 446. The maximum Gasteiger partial charge on any atom is 0.194 e. The first-order valence-electron chi connectivity index (χ1n) is 7.47. The molecule has 0 N–H and O–H groups in total. The molecule has 112 valence electrons. The van der Waals surface area contributed by atoms with Crippen molar-refractivity contribution < 1.29 is 4.43 Å². The van der Waals surface area contributed by atoms with Gasteiger partial charge in [0.25, 0.3) is 0 Å². The van der Waals surface area contributed by atoms with Crippen LogP contribution in [0.4, 0.5) is 0 Å².